The highest BCUT2D eigenvalue weighted by Gasteiger charge is 2.31. The molecule has 2 N–H and O–H groups in total. The lowest BCUT2D eigenvalue weighted by Gasteiger charge is -2.26. The molecule has 0 bridgehead atoms. The van der Waals surface area contributed by atoms with Gasteiger partial charge in [0.2, 0.25) is 0 Å². The van der Waals surface area contributed by atoms with Gasteiger partial charge in [-0.3, -0.25) is 14.5 Å². The molecule has 0 aliphatic carbocycles. The molecule has 1 aromatic carbocycles. The summed E-state index contributed by atoms with van der Waals surface area (Å²) in [7, 11) is -3.75. The van der Waals surface area contributed by atoms with Gasteiger partial charge in [-0.1, -0.05) is 23.8 Å². The Hall–Kier alpha value is -2.27. The third kappa shape index (κ3) is 6.36. The highest BCUT2D eigenvalue weighted by atomic mass is 32.2. The molecule has 168 valence electrons. The minimum absolute atomic E-state index is 0.181. The number of hydrogen-bond acceptors (Lipinski definition) is 7. The third-order valence-electron chi connectivity index (χ3n) is 5.06. The van der Waals surface area contributed by atoms with Gasteiger partial charge in [-0.25, -0.2) is 8.42 Å². The highest BCUT2D eigenvalue weighted by molar-refractivity contribution is 7.91. The first-order valence-electron chi connectivity index (χ1n) is 10.1. The fourth-order valence-electron chi connectivity index (χ4n) is 3.23. The van der Waals surface area contributed by atoms with E-state index in [1.54, 1.807) is 41.8 Å². The normalized spacial score (nSPS) is 15.9. The Bertz CT molecular complexity index is 969. The molecule has 0 radical (unpaired) electrons. The lowest BCUT2D eigenvalue weighted by Crippen LogP contribution is -2.46. The van der Waals surface area contributed by atoms with Crippen LogP contribution in [0.5, 0.6) is 0 Å². The van der Waals surface area contributed by atoms with E-state index < -0.39 is 26.9 Å². The number of benzene rings is 1. The van der Waals surface area contributed by atoms with Gasteiger partial charge in [0.25, 0.3) is 0 Å². The van der Waals surface area contributed by atoms with Gasteiger partial charge in [-0.05, 0) is 30.5 Å². The largest absolute Gasteiger partial charge is 0.379 e. The summed E-state index contributed by atoms with van der Waals surface area (Å²) in [6.45, 7) is 5.56. The van der Waals surface area contributed by atoms with Crippen LogP contribution in [0.4, 0.5) is 0 Å². The van der Waals surface area contributed by atoms with E-state index in [0.29, 0.717) is 31.2 Å². The molecule has 0 spiro atoms. The number of thiophene rings is 1. The molecule has 0 saturated carbocycles. The average Bonchev–Trinajstić information content (AvgIpc) is 3.29. The second-order valence-electron chi connectivity index (χ2n) is 7.28. The Morgan fingerprint density at radius 2 is 1.77 bits per heavy atom. The Morgan fingerprint density at radius 3 is 2.42 bits per heavy atom. The SMILES string of the molecule is Cc1ccc(S(=O)(=O)[C@H](CNC(=O)C(=O)NCCN2CCOCC2)c2cccs2)cc1. The van der Waals surface area contributed by atoms with Crippen LogP contribution in [0.2, 0.25) is 0 Å². The fourth-order valence-corrected chi connectivity index (χ4v) is 6.01. The van der Waals surface area contributed by atoms with Crippen molar-refractivity contribution in [2.24, 2.45) is 0 Å². The van der Waals surface area contributed by atoms with Crippen LogP contribution in [-0.4, -0.2) is 71.1 Å². The Kier molecular flexibility index (Phi) is 8.19. The zero-order valence-corrected chi connectivity index (χ0v) is 19.0. The molecular formula is C21H27N3O5S2. The predicted molar refractivity (Wildman–Crippen MR) is 119 cm³/mol. The van der Waals surface area contributed by atoms with Gasteiger partial charge >= 0.3 is 11.8 Å². The van der Waals surface area contributed by atoms with Crippen LogP contribution < -0.4 is 10.6 Å². The van der Waals surface area contributed by atoms with E-state index in [-0.39, 0.29) is 11.4 Å². The first-order valence-corrected chi connectivity index (χ1v) is 12.5. The maximum Gasteiger partial charge on any atom is 0.309 e. The van der Waals surface area contributed by atoms with Crippen LogP contribution in [0.25, 0.3) is 0 Å². The van der Waals surface area contributed by atoms with Crippen LogP contribution >= 0.6 is 11.3 Å². The van der Waals surface area contributed by atoms with E-state index in [9.17, 15) is 18.0 Å². The molecular weight excluding hydrogens is 438 g/mol. The molecule has 1 fully saturated rings. The van der Waals surface area contributed by atoms with E-state index in [4.69, 9.17) is 4.74 Å². The maximum atomic E-state index is 13.2. The zero-order chi connectivity index (χ0) is 22.3. The topological polar surface area (TPSA) is 105 Å². The number of amides is 2. The van der Waals surface area contributed by atoms with Gasteiger partial charge in [-0.2, -0.15) is 0 Å². The molecule has 2 aromatic rings. The zero-order valence-electron chi connectivity index (χ0n) is 17.4. The van der Waals surface area contributed by atoms with Gasteiger partial charge in [0.15, 0.2) is 9.84 Å². The Morgan fingerprint density at radius 1 is 1.10 bits per heavy atom. The first-order chi connectivity index (χ1) is 14.9. The third-order valence-corrected chi connectivity index (χ3v) is 8.29. The molecule has 2 heterocycles. The summed E-state index contributed by atoms with van der Waals surface area (Å²) in [5.41, 5.74) is 0.952. The van der Waals surface area contributed by atoms with Crippen molar-refractivity contribution in [3.8, 4) is 0 Å². The summed E-state index contributed by atoms with van der Waals surface area (Å²) in [4.78, 5) is 27.3. The van der Waals surface area contributed by atoms with Gasteiger partial charge in [0.1, 0.15) is 5.25 Å². The number of sulfone groups is 1. The molecule has 1 saturated heterocycles. The molecule has 1 aliphatic rings. The molecule has 8 nitrogen and oxygen atoms in total. The number of aryl methyl sites for hydroxylation is 1. The molecule has 0 unspecified atom stereocenters. The Balaban J connectivity index is 1.59. The minimum Gasteiger partial charge on any atom is -0.379 e. The van der Waals surface area contributed by atoms with Crippen LogP contribution in [0.15, 0.2) is 46.7 Å². The summed E-state index contributed by atoms with van der Waals surface area (Å²) >= 11 is 1.30. The summed E-state index contributed by atoms with van der Waals surface area (Å²) in [6, 6.07) is 10.1. The molecule has 10 heteroatoms. The summed E-state index contributed by atoms with van der Waals surface area (Å²) in [5, 5.41) is 5.89. The number of carbonyl (C=O) groups is 2. The quantitative estimate of drug-likeness (QED) is 0.567. The lowest BCUT2D eigenvalue weighted by molar-refractivity contribution is -0.139. The number of ether oxygens (including phenoxy) is 1. The molecule has 3 rings (SSSR count). The minimum atomic E-state index is -3.75. The first kappa shape index (κ1) is 23.4. The summed E-state index contributed by atoms with van der Waals surface area (Å²) < 4.78 is 31.7. The van der Waals surface area contributed by atoms with Crippen LogP contribution in [0.3, 0.4) is 0 Å². The van der Waals surface area contributed by atoms with Crippen molar-refractivity contribution in [1.82, 2.24) is 15.5 Å². The number of rotatable bonds is 8. The predicted octanol–water partition coefficient (Wildman–Crippen LogP) is 1.14. The monoisotopic (exact) mass is 465 g/mol. The molecule has 2 amide bonds. The van der Waals surface area contributed by atoms with Crippen LogP contribution in [-0.2, 0) is 24.2 Å². The number of carbonyl (C=O) groups excluding carboxylic acids is 2. The van der Waals surface area contributed by atoms with Crippen molar-refractivity contribution in [1.29, 1.82) is 0 Å². The Labute approximate surface area is 186 Å². The van der Waals surface area contributed by atoms with E-state index in [1.165, 1.54) is 11.3 Å². The number of nitrogens with one attached hydrogen (secondary N) is 2. The van der Waals surface area contributed by atoms with E-state index in [1.807, 2.05) is 6.92 Å². The molecule has 1 aromatic heterocycles. The van der Waals surface area contributed by atoms with Crippen molar-refractivity contribution < 1.29 is 22.7 Å². The number of nitrogens with zero attached hydrogens (tertiary/aromatic N) is 1. The van der Waals surface area contributed by atoms with E-state index >= 15 is 0 Å². The number of morpholine rings is 1. The molecule has 1 aliphatic heterocycles. The summed E-state index contributed by atoms with van der Waals surface area (Å²) in [5.74, 6) is -1.62. The average molecular weight is 466 g/mol. The van der Waals surface area contributed by atoms with Crippen molar-refractivity contribution in [3.05, 3.63) is 52.2 Å². The highest BCUT2D eigenvalue weighted by Crippen LogP contribution is 2.31. The van der Waals surface area contributed by atoms with Gasteiger partial charge in [0.05, 0.1) is 18.1 Å². The summed E-state index contributed by atoms with van der Waals surface area (Å²) in [6.07, 6.45) is 0. The van der Waals surface area contributed by atoms with E-state index in [2.05, 4.69) is 15.5 Å². The lowest BCUT2D eigenvalue weighted by atomic mass is 10.2. The van der Waals surface area contributed by atoms with Crippen LogP contribution in [0, 0.1) is 6.92 Å². The molecule has 31 heavy (non-hydrogen) atoms. The second-order valence-corrected chi connectivity index (χ2v) is 10.4. The van der Waals surface area contributed by atoms with Crippen molar-refractivity contribution >= 4 is 33.0 Å². The smallest absolute Gasteiger partial charge is 0.309 e. The van der Waals surface area contributed by atoms with Gasteiger partial charge in [0, 0.05) is 37.6 Å². The van der Waals surface area contributed by atoms with Crippen LogP contribution in [0.1, 0.15) is 15.7 Å². The maximum absolute atomic E-state index is 13.2. The van der Waals surface area contributed by atoms with Crippen molar-refractivity contribution in [3.63, 3.8) is 0 Å². The fraction of sp³-hybridized carbons (Fsp3) is 0.429. The number of hydrogen-bond donors (Lipinski definition) is 2. The molecule has 1 atom stereocenters. The van der Waals surface area contributed by atoms with Gasteiger partial charge < -0.3 is 15.4 Å². The second kappa shape index (κ2) is 10.9. The van der Waals surface area contributed by atoms with Crippen molar-refractivity contribution in [2.75, 3.05) is 45.9 Å². The van der Waals surface area contributed by atoms with E-state index in [0.717, 1.165) is 18.7 Å². The standard InChI is InChI=1S/C21H27N3O5S2/c1-16-4-6-17(7-5-16)31(27,28)19(18-3-2-14-30-18)15-23-21(26)20(25)22-8-9-24-10-12-29-13-11-24/h2-7,14,19H,8-13,15H2,1H3,(H,22,25)(H,23,26)/t19-/m1/s1. The van der Waals surface area contributed by atoms with Gasteiger partial charge in [-0.15, -0.1) is 11.3 Å². The van der Waals surface area contributed by atoms with Crippen molar-refractivity contribution in [2.45, 2.75) is 17.1 Å².